The minimum absolute atomic E-state index is 0.184. The van der Waals surface area contributed by atoms with Crippen LogP contribution >= 0.6 is 0 Å². The summed E-state index contributed by atoms with van der Waals surface area (Å²) >= 11 is 0. The van der Waals surface area contributed by atoms with E-state index >= 15 is 0 Å². The molecule has 3 rings (SSSR count). The molecule has 0 amide bonds. The van der Waals surface area contributed by atoms with E-state index in [9.17, 15) is 8.78 Å². The molecule has 3 aromatic rings. The van der Waals surface area contributed by atoms with Gasteiger partial charge >= 0.3 is 0 Å². The third-order valence-electron chi connectivity index (χ3n) is 2.68. The largest absolute Gasteiger partial charge is 0.478 e. The zero-order chi connectivity index (χ0) is 14.8. The third-order valence-corrected chi connectivity index (χ3v) is 2.68. The number of hydrogen-bond donors (Lipinski definition) is 2. The molecule has 8 nitrogen and oxygen atoms in total. The predicted octanol–water partition coefficient (Wildman–Crippen LogP) is 1.57. The molecule has 2 N–H and O–H groups in total. The van der Waals surface area contributed by atoms with E-state index in [0.717, 1.165) is 10.1 Å². The molecule has 0 aliphatic carbocycles. The first-order valence-corrected chi connectivity index (χ1v) is 5.98. The van der Waals surface area contributed by atoms with Crippen molar-refractivity contribution in [3.8, 4) is 5.88 Å². The van der Waals surface area contributed by atoms with Crippen LogP contribution in [0.4, 0.5) is 20.4 Å². The molecule has 0 saturated carbocycles. The maximum Gasteiger partial charge on any atom is 0.257 e. The molecule has 3 heterocycles. The van der Waals surface area contributed by atoms with Gasteiger partial charge in [-0.05, 0) is 0 Å². The summed E-state index contributed by atoms with van der Waals surface area (Å²) in [4.78, 5) is 8.29. The van der Waals surface area contributed by atoms with E-state index in [-0.39, 0.29) is 11.8 Å². The van der Waals surface area contributed by atoms with Crippen molar-refractivity contribution in [2.24, 2.45) is 0 Å². The van der Waals surface area contributed by atoms with Crippen LogP contribution in [0, 0.1) is 0 Å². The normalized spacial score (nSPS) is 11.2. The number of hydrogen-bond acceptors (Lipinski definition) is 6. The number of halogens is 2. The van der Waals surface area contributed by atoms with Gasteiger partial charge in [-0.3, -0.25) is 9.78 Å². The Bertz CT molecular complexity index is 754. The maximum absolute atomic E-state index is 12.4. The number of rotatable bonds is 5. The average Bonchev–Trinajstić information content (AvgIpc) is 3.04. The number of anilines is 2. The average molecular weight is 295 g/mol. The minimum atomic E-state index is -2.50. The summed E-state index contributed by atoms with van der Waals surface area (Å²) in [6.45, 7) is -0.515. The summed E-state index contributed by atoms with van der Waals surface area (Å²) in [5.41, 5.74) is 0.962. The Kier molecular flexibility index (Phi) is 3.34. The molecule has 0 aliphatic rings. The Morgan fingerprint density at radius 1 is 1.43 bits per heavy atom. The fourth-order valence-electron chi connectivity index (χ4n) is 1.79. The first-order chi connectivity index (χ1) is 10.2. The molecule has 0 aliphatic heterocycles. The van der Waals surface area contributed by atoms with E-state index in [4.69, 9.17) is 4.74 Å². The standard InChI is InChI=1S/C11H11F2N7O/c1-21-10-7(4-20(19-10)5-8(12)13)16-11-14-2-6-3-15-18-9(6)17-11/h2-4,8H,5H2,1H3,(H2,14,15,16,17,18). The van der Waals surface area contributed by atoms with Crippen LogP contribution in [-0.2, 0) is 6.54 Å². The number of ether oxygens (including phenoxy) is 1. The molecule has 0 fully saturated rings. The van der Waals surface area contributed by atoms with E-state index in [1.54, 1.807) is 12.4 Å². The first-order valence-electron chi connectivity index (χ1n) is 5.98. The molecule has 0 aromatic carbocycles. The maximum atomic E-state index is 12.4. The molecular formula is C11H11F2N7O. The fourth-order valence-corrected chi connectivity index (χ4v) is 1.79. The van der Waals surface area contributed by atoms with Gasteiger partial charge < -0.3 is 10.1 Å². The number of H-pyrrole nitrogens is 1. The molecule has 0 bridgehead atoms. The van der Waals surface area contributed by atoms with Crippen LogP contribution in [0.1, 0.15) is 0 Å². The fraction of sp³-hybridized carbons (Fsp3) is 0.273. The predicted molar refractivity (Wildman–Crippen MR) is 69.7 cm³/mol. The second-order valence-corrected chi connectivity index (χ2v) is 4.16. The van der Waals surface area contributed by atoms with Crippen molar-refractivity contribution < 1.29 is 13.5 Å². The highest BCUT2D eigenvalue weighted by Gasteiger charge is 2.14. The lowest BCUT2D eigenvalue weighted by Crippen LogP contribution is -2.06. The molecule has 0 radical (unpaired) electrons. The van der Waals surface area contributed by atoms with Crippen LogP contribution in [0.5, 0.6) is 5.88 Å². The van der Waals surface area contributed by atoms with Gasteiger partial charge in [-0.25, -0.2) is 13.8 Å². The van der Waals surface area contributed by atoms with Crippen molar-refractivity contribution in [1.82, 2.24) is 29.9 Å². The minimum Gasteiger partial charge on any atom is -0.478 e. The molecule has 0 atom stereocenters. The molecule has 10 heteroatoms. The van der Waals surface area contributed by atoms with Gasteiger partial charge in [0.15, 0.2) is 5.65 Å². The molecular weight excluding hydrogens is 284 g/mol. The second-order valence-electron chi connectivity index (χ2n) is 4.16. The van der Waals surface area contributed by atoms with Crippen molar-refractivity contribution in [2.75, 3.05) is 12.4 Å². The highest BCUT2D eigenvalue weighted by atomic mass is 19.3. The Morgan fingerprint density at radius 2 is 2.29 bits per heavy atom. The van der Waals surface area contributed by atoms with Crippen LogP contribution < -0.4 is 10.1 Å². The highest BCUT2D eigenvalue weighted by Crippen LogP contribution is 2.25. The van der Waals surface area contributed by atoms with Crippen LogP contribution in [0.15, 0.2) is 18.6 Å². The van der Waals surface area contributed by atoms with Crippen LogP contribution in [0.25, 0.3) is 11.0 Å². The second kappa shape index (κ2) is 5.31. The summed E-state index contributed by atoms with van der Waals surface area (Å²) in [6.07, 6.45) is 2.09. The van der Waals surface area contributed by atoms with Crippen molar-refractivity contribution in [3.63, 3.8) is 0 Å². The number of nitrogens with one attached hydrogen (secondary N) is 2. The molecule has 0 spiro atoms. The molecule has 21 heavy (non-hydrogen) atoms. The van der Waals surface area contributed by atoms with Crippen molar-refractivity contribution >= 4 is 22.7 Å². The number of aromatic nitrogens is 6. The van der Waals surface area contributed by atoms with E-state index in [1.165, 1.54) is 13.3 Å². The van der Waals surface area contributed by atoms with Gasteiger partial charge in [0.1, 0.15) is 12.2 Å². The number of aromatic amines is 1. The van der Waals surface area contributed by atoms with E-state index in [1.807, 2.05) is 0 Å². The zero-order valence-electron chi connectivity index (χ0n) is 10.9. The number of methoxy groups -OCH3 is 1. The SMILES string of the molecule is COc1nn(CC(F)F)cc1Nc1ncc2cn[nH]c2n1. The van der Waals surface area contributed by atoms with E-state index < -0.39 is 13.0 Å². The Balaban J connectivity index is 1.87. The lowest BCUT2D eigenvalue weighted by atomic mass is 10.4. The molecule has 3 aromatic heterocycles. The van der Waals surface area contributed by atoms with E-state index in [2.05, 4.69) is 30.6 Å². The third kappa shape index (κ3) is 2.73. The Hall–Kier alpha value is -2.78. The monoisotopic (exact) mass is 295 g/mol. The summed E-state index contributed by atoms with van der Waals surface area (Å²) in [5.74, 6) is 0.464. The van der Waals surface area contributed by atoms with Gasteiger partial charge in [0.25, 0.3) is 12.3 Å². The van der Waals surface area contributed by atoms with Gasteiger partial charge in [-0.15, -0.1) is 5.10 Å². The van der Waals surface area contributed by atoms with Gasteiger partial charge in [0.05, 0.1) is 24.9 Å². The quantitative estimate of drug-likeness (QED) is 0.742. The summed E-state index contributed by atoms with van der Waals surface area (Å²) in [5, 5.41) is 14.1. The van der Waals surface area contributed by atoms with Gasteiger partial charge in [0.2, 0.25) is 5.95 Å². The molecule has 0 unspecified atom stereocenters. The van der Waals surface area contributed by atoms with Gasteiger partial charge in [0, 0.05) is 6.20 Å². The van der Waals surface area contributed by atoms with Crippen LogP contribution in [0.2, 0.25) is 0 Å². The van der Waals surface area contributed by atoms with Crippen LogP contribution in [-0.4, -0.2) is 43.5 Å². The van der Waals surface area contributed by atoms with Gasteiger partial charge in [-0.2, -0.15) is 10.1 Å². The van der Waals surface area contributed by atoms with Crippen molar-refractivity contribution in [2.45, 2.75) is 13.0 Å². The summed E-state index contributed by atoms with van der Waals surface area (Å²) in [6, 6.07) is 0. The topological polar surface area (TPSA) is 93.5 Å². The lowest BCUT2D eigenvalue weighted by molar-refractivity contribution is 0.121. The molecule has 0 saturated heterocycles. The number of alkyl halides is 2. The Morgan fingerprint density at radius 3 is 3.05 bits per heavy atom. The Labute approximate surface area is 117 Å². The summed E-state index contributed by atoms with van der Waals surface area (Å²) < 4.78 is 30.9. The smallest absolute Gasteiger partial charge is 0.257 e. The highest BCUT2D eigenvalue weighted by molar-refractivity contribution is 5.74. The molecule has 110 valence electrons. The summed E-state index contributed by atoms with van der Waals surface area (Å²) in [7, 11) is 1.40. The van der Waals surface area contributed by atoms with Crippen molar-refractivity contribution in [3.05, 3.63) is 18.6 Å². The number of fused-ring (bicyclic) bond motifs is 1. The van der Waals surface area contributed by atoms with Gasteiger partial charge in [-0.1, -0.05) is 0 Å². The zero-order valence-corrected chi connectivity index (χ0v) is 10.9. The van der Waals surface area contributed by atoms with Crippen LogP contribution in [0.3, 0.4) is 0 Å². The van der Waals surface area contributed by atoms with Crippen molar-refractivity contribution in [1.29, 1.82) is 0 Å². The number of nitrogens with zero attached hydrogens (tertiary/aromatic N) is 5. The van der Waals surface area contributed by atoms with E-state index in [0.29, 0.717) is 11.3 Å². The first kappa shape index (κ1) is 13.2. The lowest BCUT2D eigenvalue weighted by Gasteiger charge is -2.02.